The summed E-state index contributed by atoms with van der Waals surface area (Å²) in [5.41, 5.74) is -0.351. The van der Waals surface area contributed by atoms with Crippen molar-refractivity contribution in [3.63, 3.8) is 0 Å². The molecule has 0 heterocycles. The van der Waals surface area contributed by atoms with Gasteiger partial charge in [-0.25, -0.2) is 4.79 Å². The van der Waals surface area contributed by atoms with Crippen LogP contribution in [0.25, 0.3) is 6.08 Å². The number of esters is 1. The van der Waals surface area contributed by atoms with Crippen LogP contribution in [0.1, 0.15) is 33.3 Å². The van der Waals surface area contributed by atoms with E-state index in [9.17, 15) is 14.9 Å². The van der Waals surface area contributed by atoms with Gasteiger partial charge in [0.1, 0.15) is 5.54 Å². The predicted molar refractivity (Wildman–Crippen MR) is 93.0 cm³/mol. The number of nitrogens with zero attached hydrogens (tertiary/aromatic N) is 1. The number of benzene rings is 1. The Bertz CT molecular complexity index is 679. The number of carbonyl (C=O) groups is 2. The Morgan fingerprint density at radius 2 is 1.96 bits per heavy atom. The summed E-state index contributed by atoms with van der Waals surface area (Å²) in [7, 11) is 0. The van der Waals surface area contributed by atoms with Gasteiger partial charge in [-0.3, -0.25) is 4.79 Å². The fourth-order valence-electron chi connectivity index (χ4n) is 1.69. The Morgan fingerprint density at radius 1 is 1.33 bits per heavy atom. The molecular formula is C18H21ClN2O3. The zero-order valence-electron chi connectivity index (χ0n) is 14.2. The van der Waals surface area contributed by atoms with Gasteiger partial charge in [0.2, 0.25) is 0 Å². The first-order valence-corrected chi connectivity index (χ1v) is 7.94. The zero-order chi connectivity index (χ0) is 18.3. The number of hydrogen-bond acceptors (Lipinski definition) is 4. The summed E-state index contributed by atoms with van der Waals surface area (Å²) < 4.78 is 5.05. The topological polar surface area (TPSA) is 79.2 Å². The first-order chi connectivity index (χ1) is 11.2. The van der Waals surface area contributed by atoms with Gasteiger partial charge in [0.25, 0.3) is 5.91 Å². The molecule has 0 aromatic heterocycles. The van der Waals surface area contributed by atoms with E-state index in [0.717, 1.165) is 0 Å². The number of rotatable bonds is 6. The molecule has 5 nitrogen and oxygen atoms in total. The van der Waals surface area contributed by atoms with E-state index in [4.69, 9.17) is 16.3 Å². The Kier molecular flexibility index (Phi) is 6.99. The van der Waals surface area contributed by atoms with Crippen molar-refractivity contribution in [1.82, 2.24) is 5.32 Å². The first kappa shape index (κ1) is 19.7. The third kappa shape index (κ3) is 5.39. The van der Waals surface area contributed by atoms with Gasteiger partial charge < -0.3 is 10.1 Å². The summed E-state index contributed by atoms with van der Waals surface area (Å²) in [6.07, 6.45) is 1.71. The molecule has 0 aliphatic rings. The fraction of sp³-hybridized carbons (Fsp3) is 0.389. The van der Waals surface area contributed by atoms with Crippen LogP contribution in [0.5, 0.6) is 0 Å². The van der Waals surface area contributed by atoms with Crippen molar-refractivity contribution in [2.75, 3.05) is 0 Å². The largest absolute Gasteiger partial charge is 0.449 e. The van der Waals surface area contributed by atoms with Crippen molar-refractivity contribution in [2.24, 2.45) is 5.92 Å². The molecule has 0 saturated heterocycles. The maximum absolute atomic E-state index is 12.1. The van der Waals surface area contributed by atoms with Crippen LogP contribution in [0.4, 0.5) is 0 Å². The van der Waals surface area contributed by atoms with Gasteiger partial charge in [-0.05, 0) is 37.5 Å². The van der Waals surface area contributed by atoms with Gasteiger partial charge in [-0.1, -0.05) is 43.6 Å². The lowest BCUT2D eigenvalue weighted by Gasteiger charge is -2.28. The minimum Gasteiger partial charge on any atom is -0.449 e. The highest BCUT2D eigenvalue weighted by Gasteiger charge is 2.32. The van der Waals surface area contributed by atoms with E-state index >= 15 is 0 Å². The highest BCUT2D eigenvalue weighted by molar-refractivity contribution is 6.32. The van der Waals surface area contributed by atoms with Crippen LogP contribution < -0.4 is 5.32 Å². The van der Waals surface area contributed by atoms with E-state index in [0.29, 0.717) is 10.6 Å². The molecule has 0 saturated carbocycles. The smallest absolute Gasteiger partial charge is 0.331 e. The van der Waals surface area contributed by atoms with Gasteiger partial charge in [0, 0.05) is 11.1 Å². The standard InChI is InChI=1S/C18H21ClN2O3/c1-12(2)18(4,11-20)21-17(23)13(3)24-16(22)10-9-14-7-5-6-8-15(14)19/h5-10,12-13H,1-4H3,(H,21,23)/b10-9+/t13-,18-/m0/s1. The van der Waals surface area contributed by atoms with Crippen LogP contribution in [-0.4, -0.2) is 23.5 Å². The molecule has 1 N–H and O–H groups in total. The molecule has 128 valence electrons. The minimum atomic E-state index is -1.02. The third-order valence-corrected chi connectivity index (χ3v) is 4.08. The molecule has 0 aliphatic heterocycles. The number of ether oxygens (including phenoxy) is 1. The molecule has 6 heteroatoms. The second kappa shape index (κ2) is 8.51. The molecule has 0 spiro atoms. The molecule has 1 rings (SSSR count). The van der Waals surface area contributed by atoms with Crippen LogP contribution in [0.2, 0.25) is 5.02 Å². The zero-order valence-corrected chi connectivity index (χ0v) is 14.9. The fourth-order valence-corrected chi connectivity index (χ4v) is 1.89. The molecule has 0 aliphatic carbocycles. The monoisotopic (exact) mass is 348 g/mol. The van der Waals surface area contributed by atoms with Crippen LogP contribution in [0.3, 0.4) is 0 Å². The molecule has 0 radical (unpaired) electrons. The van der Waals surface area contributed by atoms with E-state index in [1.807, 2.05) is 13.8 Å². The Balaban J connectivity index is 2.66. The van der Waals surface area contributed by atoms with Gasteiger partial charge >= 0.3 is 5.97 Å². The summed E-state index contributed by atoms with van der Waals surface area (Å²) in [4.78, 5) is 23.9. The van der Waals surface area contributed by atoms with E-state index in [2.05, 4.69) is 11.4 Å². The van der Waals surface area contributed by atoms with Crippen molar-refractivity contribution < 1.29 is 14.3 Å². The Morgan fingerprint density at radius 3 is 2.50 bits per heavy atom. The number of nitriles is 1. The highest BCUT2D eigenvalue weighted by Crippen LogP contribution is 2.17. The molecular weight excluding hydrogens is 328 g/mol. The summed E-state index contributed by atoms with van der Waals surface area (Å²) in [6, 6.07) is 9.10. The van der Waals surface area contributed by atoms with Crippen molar-refractivity contribution in [2.45, 2.75) is 39.3 Å². The lowest BCUT2D eigenvalue weighted by molar-refractivity contribution is -0.150. The lowest BCUT2D eigenvalue weighted by Crippen LogP contribution is -2.52. The number of amides is 1. The molecule has 0 unspecified atom stereocenters. The van der Waals surface area contributed by atoms with Crippen LogP contribution >= 0.6 is 11.6 Å². The van der Waals surface area contributed by atoms with Crippen molar-refractivity contribution in [3.8, 4) is 6.07 Å². The number of carbonyl (C=O) groups excluding carboxylic acids is 2. The van der Waals surface area contributed by atoms with E-state index in [-0.39, 0.29) is 5.92 Å². The molecule has 1 aromatic carbocycles. The van der Waals surface area contributed by atoms with Crippen LogP contribution in [-0.2, 0) is 14.3 Å². The minimum absolute atomic E-state index is 0.0885. The van der Waals surface area contributed by atoms with Gasteiger partial charge in [0.15, 0.2) is 6.10 Å². The normalized spacial score (nSPS) is 14.7. The average Bonchev–Trinajstić information content (AvgIpc) is 2.53. The lowest BCUT2D eigenvalue weighted by atomic mass is 9.90. The van der Waals surface area contributed by atoms with Gasteiger partial charge in [0.05, 0.1) is 6.07 Å². The third-order valence-electron chi connectivity index (χ3n) is 3.74. The Hall–Kier alpha value is -2.32. The van der Waals surface area contributed by atoms with E-state index < -0.39 is 23.5 Å². The maximum Gasteiger partial charge on any atom is 0.331 e. The molecule has 24 heavy (non-hydrogen) atoms. The number of nitrogens with one attached hydrogen (secondary N) is 1. The Labute approximate surface area is 147 Å². The molecule has 0 bridgehead atoms. The second-order valence-electron chi connectivity index (χ2n) is 5.89. The SMILES string of the molecule is CC(C)[C@](C)(C#N)NC(=O)[C@H](C)OC(=O)/C=C/c1ccccc1Cl. The maximum atomic E-state index is 12.1. The molecule has 1 aromatic rings. The van der Waals surface area contributed by atoms with Gasteiger partial charge in [-0.15, -0.1) is 0 Å². The summed E-state index contributed by atoms with van der Waals surface area (Å²) in [6.45, 7) is 6.73. The quantitative estimate of drug-likeness (QED) is 0.631. The second-order valence-corrected chi connectivity index (χ2v) is 6.30. The molecule has 2 atom stereocenters. The van der Waals surface area contributed by atoms with Crippen LogP contribution in [0.15, 0.2) is 30.3 Å². The highest BCUT2D eigenvalue weighted by atomic mass is 35.5. The summed E-state index contributed by atoms with van der Waals surface area (Å²) >= 11 is 5.98. The van der Waals surface area contributed by atoms with Gasteiger partial charge in [-0.2, -0.15) is 5.26 Å². The number of halogens is 1. The average molecular weight is 349 g/mol. The van der Waals surface area contributed by atoms with E-state index in [1.165, 1.54) is 19.1 Å². The first-order valence-electron chi connectivity index (χ1n) is 7.56. The predicted octanol–water partition coefficient (Wildman–Crippen LogP) is 3.34. The van der Waals surface area contributed by atoms with E-state index in [1.54, 1.807) is 31.2 Å². The van der Waals surface area contributed by atoms with Crippen molar-refractivity contribution >= 4 is 29.6 Å². The summed E-state index contributed by atoms with van der Waals surface area (Å²) in [5, 5.41) is 12.3. The van der Waals surface area contributed by atoms with Crippen molar-refractivity contribution in [3.05, 3.63) is 40.9 Å². The number of hydrogen-bond donors (Lipinski definition) is 1. The summed E-state index contributed by atoms with van der Waals surface area (Å²) in [5.74, 6) is -1.28. The van der Waals surface area contributed by atoms with Crippen molar-refractivity contribution in [1.29, 1.82) is 5.26 Å². The molecule has 0 fully saturated rings. The molecule has 1 amide bonds. The van der Waals surface area contributed by atoms with Crippen LogP contribution in [0, 0.1) is 17.2 Å².